The maximum Gasteiger partial charge on any atom is 0.253 e. The zero-order valence-corrected chi connectivity index (χ0v) is 12.9. The number of aromatic nitrogens is 4. The molecule has 1 amide bonds. The van der Waals surface area contributed by atoms with Crippen LogP contribution < -0.4 is 0 Å². The summed E-state index contributed by atoms with van der Waals surface area (Å²) >= 11 is 1.63. The fourth-order valence-corrected chi connectivity index (χ4v) is 2.88. The molecule has 21 heavy (non-hydrogen) atoms. The number of hydrogen-bond acceptors (Lipinski definition) is 5. The predicted octanol–water partition coefficient (Wildman–Crippen LogP) is 2.00. The number of tetrazole rings is 1. The molecule has 1 aromatic heterocycles. The second-order valence-corrected chi connectivity index (χ2v) is 6.26. The van der Waals surface area contributed by atoms with Crippen LogP contribution in [0.15, 0.2) is 29.4 Å². The largest absolute Gasteiger partial charge is 0.345 e. The molecule has 0 N–H and O–H groups in total. The number of carbonyl (C=O) groups is 1. The molecule has 0 atom stereocenters. The van der Waals surface area contributed by atoms with Crippen LogP contribution >= 0.6 is 11.8 Å². The number of rotatable bonds is 5. The van der Waals surface area contributed by atoms with Gasteiger partial charge >= 0.3 is 0 Å². The molecular weight excluding hydrogens is 286 g/mol. The molecular formula is C14H17N5OS. The van der Waals surface area contributed by atoms with Crippen LogP contribution in [0.25, 0.3) is 0 Å². The van der Waals surface area contributed by atoms with Crippen molar-refractivity contribution < 1.29 is 4.79 Å². The van der Waals surface area contributed by atoms with E-state index in [0.717, 1.165) is 16.5 Å². The summed E-state index contributed by atoms with van der Waals surface area (Å²) in [6, 6.07) is 8.18. The molecule has 0 unspecified atom stereocenters. The summed E-state index contributed by atoms with van der Waals surface area (Å²) in [6.07, 6.45) is 2.33. The number of amides is 1. The van der Waals surface area contributed by atoms with Gasteiger partial charge in [-0.25, -0.2) is 4.68 Å². The summed E-state index contributed by atoms with van der Waals surface area (Å²) in [5.41, 5.74) is 1.86. The zero-order valence-electron chi connectivity index (χ0n) is 12.1. The standard InChI is InChI=1S/C14H17N5OS/c1-18(2)13(20)11-5-3-10(4-6-11)9-21-14-15-16-17-19(14)12-7-8-12/h3-6,12H,7-9H2,1-2H3. The van der Waals surface area contributed by atoms with Crippen LogP contribution in [0.1, 0.15) is 34.8 Å². The van der Waals surface area contributed by atoms with E-state index in [1.807, 2.05) is 28.9 Å². The van der Waals surface area contributed by atoms with E-state index >= 15 is 0 Å². The third-order valence-electron chi connectivity index (χ3n) is 3.33. The van der Waals surface area contributed by atoms with Crippen molar-refractivity contribution in [3.8, 4) is 0 Å². The lowest BCUT2D eigenvalue weighted by Crippen LogP contribution is -2.21. The molecule has 110 valence electrons. The van der Waals surface area contributed by atoms with Gasteiger partial charge in [0.15, 0.2) is 0 Å². The summed E-state index contributed by atoms with van der Waals surface area (Å²) in [5.74, 6) is 0.815. The first-order valence-electron chi connectivity index (χ1n) is 6.86. The van der Waals surface area contributed by atoms with Crippen LogP contribution in [0.2, 0.25) is 0 Å². The van der Waals surface area contributed by atoms with Crippen LogP contribution in [-0.4, -0.2) is 45.1 Å². The molecule has 0 spiro atoms. The lowest BCUT2D eigenvalue weighted by Gasteiger charge is -2.10. The van der Waals surface area contributed by atoms with Crippen LogP contribution in [0.4, 0.5) is 0 Å². The van der Waals surface area contributed by atoms with Gasteiger partial charge in [0.1, 0.15) is 0 Å². The highest BCUT2D eigenvalue weighted by Gasteiger charge is 2.27. The van der Waals surface area contributed by atoms with Crippen LogP contribution in [-0.2, 0) is 5.75 Å². The molecule has 0 aliphatic heterocycles. The first kappa shape index (κ1) is 14.1. The zero-order chi connectivity index (χ0) is 14.8. The summed E-state index contributed by atoms with van der Waals surface area (Å²) < 4.78 is 1.91. The van der Waals surface area contributed by atoms with Crippen molar-refractivity contribution in [2.75, 3.05) is 14.1 Å². The summed E-state index contributed by atoms with van der Waals surface area (Å²) in [4.78, 5) is 13.4. The Hall–Kier alpha value is -1.89. The molecule has 0 radical (unpaired) electrons. The minimum absolute atomic E-state index is 0.0203. The Morgan fingerprint density at radius 2 is 2.05 bits per heavy atom. The smallest absolute Gasteiger partial charge is 0.253 e. The second-order valence-electron chi connectivity index (χ2n) is 5.32. The number of nitrogens with zero attached hydrogens (tertiary/aromatic N) is 5. The minimum atomic E-state index is 0.0203. The lowest BCUT2D eigenvalue weighted by molar-refractivity contribution is 0.0827. The van der Waals surface area contributed by atoms with E-state index in [1.54, 1.807) is 30.8 Å². The van der Waals surface area contributed by atoms with E-state index in [0.29, 0.717) is 11.6 Å². The van der Waals surface area contributed by atoms with Crippen LogP contribution in [0.5, 0.6) is 0 Å². The van der Waals surface area contributed by atoms with Crippen molar-refractivity contribution >= 4 is 17.7 Å². The normalized spacial score (nSPS) is 14.2. The SMILES string of the molecule is CN(C)C(=O)c1ccc(CSc2nnnn2C2CC2)cc1. The molecule has 6 nitrogen and oxygen atoms in total. The van der Waals surface area contributed by atoms with Crippen molar-refractivity contribution in [1.82, 2.24) is 25.1 Å². The maximum atomic E-state index is 11.8. The van der Waals surface area contributed by atoms with Gasteiger partial charge in [0.05, 0.1) is 6.04 Å². The third-order valence-corrected chi connectivity index (χ3v) is 4.33. The highest BCUT2D eigenvalue weighted by molar-refractivity contribution is 7.98. The Labute approximate surface area is 127 Å². The average molecular weight is 303 g/mol. The average Bonchev–Trinajstić information content (AvgIpc) is 3.23. The fraction of sp³-hybridized carbons (Fsp3) is 0.429. The third kappa shape index (κ3) is 3.24. The molecule has 2 aromatic rings. The number of hydrogen-bond donors (Lipinski definition) is 0. The van der Waals surface area contributed by atoms with Gasteiger partial charge in [-0.05, 0) is 41.0 Å². The maximum absolute atomic E-state index is 11.8. The highest BCUT2D eigenvalue weighted by Crippen LogP contribution is 2.36. The van der Waals surface area contributed by atoms with Gasteiger partial charge < -0.3 is 4.90 Å². The van der Waals surface area contributed by atoms with E-state index in [2.05, 4.69) is 15.5 Å². The van der Waals surface area contributed by atoms with Gasteiger partial charge in [-0.1, -0.05) is 23.9 Å². The fourth-order valence-electron chi connectivity index (χ4n) is 1.98. The van der Waals surface area contributed by atoms with E-state index < -0.39 is 0 Å². The number of thioether (sulfide) groups is 1. The minimum Gasteiger partial charge on any atom is -0.345 e. The van der Waals surface area contributed by atoms with Gasteiger partial charge in [0.25, 0.3) is 5.91 Å². The van der Waals surface area contributed by atoms with E-state index in [-0.39, 0.29) is 5.91 Å². The van der Waals surface area contributed by atoms with E-state index in [4.69, 9.17) is 0 Å². The number of benzene rings is 1. The molecule has 0 saturated heterocycles. The van der Waals surface area contributed by atoms with E-state index in [9.17, 15) is 4.79 Å². The lowest BCUT2D eigenvalue weighted by atomic mass is 10.1. The second kappa shape index (κ2) is 5.85. The van der Waals surface area contributed by atoms with Gasteiger partial charge in [0, 0.05) is 25.4 Å². The van der Waals surface area contributed by atoms with Gasteiger partial charge in [0.2, 0.25) is 5.16 Å². The van der Waals surface area contributed by atoms with Crippen LogP contribution in [0.3, 0.4) is 0 Å². The quantitative estimate of drug-likeness (QED) is 0.791. The van der Waals surface area contributed by atoms with Crippen molar-refractivity contribution in [3.63, 3.8) is 0 Å². The first-order valence-corrected chi connectivity index (χ1v) is 7.85. The van der Waals surface area contributed by atoms with Gasteiger partial charge in [-0.3, -0.25) is 4.79 Å². The molecule has 7 heteroatoms. The molecule has 1 aliphatic rings. The van der Waals surface area contributed by atoms with Crippen molar-refractivity contribution in [2.45, 2.75) is 29.8 Å². The van der Waals surface area contributed by atoms with E-state index in [1.165, 1.54) is 12.8 Å². The molecule has 0 bridgehead atoms. The molecule has 1 heterocycles. The predicted molar refractivity (Wildman–Crippen MR) is 80.1 cm³/mol. The Morgan fingerprint density at radius 3 is 2.67 bits per heavy atom. The molecule has 1 fully saturated rings. The van der Waals surface area contributed by atoms with Crippen molar-refractivity contribution in [2.24, 2.45) is 0 Å². The Bertz CT molecular complexity index is 633. The Balaban J connectivity index is 1.63. The van der Waals surface area contributed by atoms with Crippen LogP contribution in [0, 0.1) is 0 Å². The Kier molecular flexibility index (Phi) is 3.92. The molecule has 1 aromatic carbocycles. The molecule has 3 rings (SSSR count). The van der Waals surface area contributed by atoms with Crippen molar-refractivity contribution in [1.29, 1.82) is 0 Å². The molecule has 1 aliphatic carbocycles. The van der Waals surface area contributed by atoms with Gasteiger partial charge in [-0.15, -0.1) is 5.10 Å². The highest BCUT2D eigenvalue weighted by atomic mass is 32.2. The summed E-state index contributed by atoms with van der Waals surface area (Å²) in [5, 5.41) is 12.7. The van der Waals surface area contributed by atoms with Crippen molar-refractivity contribution in [3.05, 3.63) is 35.4 Å². The Morgan fingerprint density at radius 1 is 1.33 bits per heavy atom. The molecule has 1 saturated carbocycles. The monoisotopic (exact) mass is 303 g/mol. The summed E-state index contributed by atoms with van der Waals surface area (Å²) in [6.45, 7) is 0. The number of carbonyl (C=O) groups excluding carboxylic acids is 1. The summed E-state index contributed by atoms with van der Waals surface area (Å²) in [7, 11) is 3.51. The topological polar surface area (TPSA) is 63.9 Å². The van der Waals surface area contributed by atoms with Gasteiger partial charge in [-0.2, -0.15) is 0 Å². The first-order chi connectivity index (χ1) is 10.1.